The molecule has 4 aliphatic carbocycles. The minimum atomic E-state index is -1.75. The first-order chi connectivity index (χ1) is 26.8. The van der Waals surface area contributed by atoms with E-state index in [0.717, 1.165) is 28.0 Å². The van der Waals surface area contributed by atoms with Gasteiger partial charge in [0.05, 0.1) is 45.2 Å². The molecule has 1 N–H and O–H groups in total. The summed E-state index contributed by atoms with van der Waals surface area (Å²) >= 11 is 0. The quantitative estimate of drug-likeness (QED) is 0.220. The molecular weight excluding hydrogens is 698 g/mol. The molecular formula is C45H55NO9. The van der Waals surface area contributed by atoms with Gasteiger partial charge in [-0.3, -0.25) is 9.69 Å². The van der Waals surface area contributed by atoms with Crippen molar-refractivity contribution in [2.45, 2.75) is 68.7 Å². The second-order valence-corrected chi connectivity index (χ2v) is 16.3. The number of Topliss-reactive ketones (excluding diaryl/α,β-unsaturated/α-hetero) is 1. The molecule has 4 fully saturated rings. The zero-order chi connectivity index (χ0) is 38.4. The third-order valence-electron chi connectivity index (χ3n) is 13.7. The van der Waals surface area contributed by atoms with Crippen LogP contribution in [0.5, 0.6) is 5.75 Å². The van der Waals surface area contributed by atoms with Gasteiger partial charge in [0.15, 0.2) is 11.4 Å². The Morgan fingerprint density at radius 1 is 0.764 bits per heavy atom. The molecule has 3 aromatic carbocycles. The lowest BCUT2D eigenvalue weighted by molar-refractivity contribution is -0.288. The van der Waals surface area contributed by atoms with Gasteiger partial charge in [0.25, 0.3) is 0 Å². The van der Waals surface area contributed by atoms with Crippen molar-refractivity contribution < 1.29 is 43.1 Å². The van der Waals surface area contributed by atoms with Crippen LogP contribution in [0.1, 0.15) is 29.5 Å². The molecule has 0 radical (unpaired) electrons. The molecule has 3 saturated carbocycles. The van der Waals surface area contributed by atoms with Gasteiger partial charge in [-0.1, -0.05) is 78.9 Å². The maximum atomic E-state index is 14.9. The number of hydrogen-bond donors (Lipinski definition) is 1. The van der Waals surface area contributed by atoms with Gasteiger partial charge in [0.1, 0.15) is 18.0 Å². The molecule has 8 rings (SSSR count). The number of methoxy groups -OCH3 is 5. The molecule has 5 aliphatic rings. The van der Waals surface area contributed by atoms with Crippen molar-refractivity contribution in [2.24, 2.45) is 28.6 Å². The number of fused-ring (bicyclic) bond motifs is 1. The Bertz CT molecular complexity index is 1820. The summed E-state index contributed by atoms with van der Waals surface area (Å²) < 4.78 is 45.0. The lowest BCUT2D eigenvalue weighted by atomic mass is 9.44. The molecule has 294 valence electrons. The summed E-state index contributed by atoms with van der Waals surface area (Å²) in [5.74, 6) is -0.526. The minimum absolute atomic E-state index is 0.203. The van der Waals surface area contributed by atoms with E-state index in [0.29, 0.717) is 45.9 Å². The zero-order valence-electron chi connectivity index (χ0n) is 32.6. The lowest BCUT2D eigenvalue weighted by Gasteiger charge is -2.68. The molecule has 55 heavy (non-hydrogen) atoms. The van der Waals surface area contributed by atoms with Crippen molar-refractivity contribution in [1.82, 2.24) is 4.90 Å². The predicted octanol–water partition coefficient (Wildman–Crippen LogP) is 5.26. The standard InChI is InChI=1S/C45H55NO9/c1-49-28-43-26-46(23-29-16-18-32(50-2)19-17-29)27-44(37(52-4)21-36(43)54-24-30-12-8-6-9-13-30)34-22-45(48)41(47)38(34)33(20-35(51-3)40(43)44)39(42(45)53-5)55-25-31-14-10-7-11-15-31/h6-20,34-40,42,48H,21-28H2,1-5H3/t34?,35?,36?,37?,38?,39-,40?,42+,43?,44?,45?/m1/s1. The van der Waals surface area contributed by atoms with Crippen LogP contribution in [0.3, 0.4) is 0 Å². The van der Waals surface area contributed by atoms with E-state index >= 15 is 0 Å². The van der Waals surface area contributed by atoms with Crippen LogP contribution in [0.15, 0.2) is 96.6 Å². The van der Waals surface area contributed by atoms with Gasteiger partial charge in [0, 0.05) is 77.2 Å². The van der Waals surface area contributed by atoms with Crippen LogP contribution in [0, 0.1) is 28.6 Å². The van der Waals surface area contributed by atoms with Crippen LogP contribution < -0.4 is 4.74 Å². The number of hydrogen-bond acceptors (Lipinski definition) is 10. The topological polar surface area (TPSA) is 105 Å². The molecule has 0 amide bonds. The molecule has 0 spiro atoms. The largest absolute Gasteiger partial charge is 0.497 e. The number of benzene rings is 3. The highest BCUT2D eigenvalue weighted by molar-refractivity contribution is 5.97. The third-order valence-corrected chi connectivity index (χ3v) is 13.7. The number of rotatable bonds is 14. The summed E-state index contributed by atoms with van der Waals surface area (Å²) in [4.78, 5) is 17.4. The van der Waals surface area contributed by atoms with E-state index in [1.807, 2.05) is 60.7 Å². The maximum absolute atomic E-state index is 14.9. The zero-order valence-corrected chi connectivity index (χ0v) is 32.6. The first-order valence-corrected chi connectivity index (χ1v) is 19.5. The number of nitrogens with zero attached hydrogens (tertiary/aromatic N) is 1. The van der Waals surface area contributed by atoms with E-state index in [1.54, 1.807) is 35.5 Å². The molecule has 9 unspecified atom stereocenters. The number of carbonyl (C=O) groups excluding carboxylic acids is 1. The van der Waals surface area contributed by atoms with E-state index in [2.05, 4.69) is 35.2 Å². The normalized spacial score (nSPS) is 36.5. The molecule has 10 heteroatoms. The first kappa shape index (κ1) is 38.4. The Morgan fingerprint density at radius 2 is 1.44 bits per heavy atom. The number of ether oxygens (including phenoxy) is 7. The Morgan fingerprint density at radius 3 is 2.04 bits per heavy atom. The molecule has 1 aliphatic heterocycles. The molecule has 4 bridgehead atoms. The number of likely N-dealkylation sites (tertiary alicyclic amines) is 1. The van der Waals surface area contributed by atoms with Gasteiger partial charge in [0.2, 0.25) is 0 Å². The fourth-order valence-corrected chi connectivity index (χ4v) is 11.7. The molecule has 3 aromatic rings. The van der Waals surface area contributed by atoms with Crippen LogP contribution in [-0.4, -0.2) is 107 Å². The second-order valence-electron chi connectivity index (χ2n) is 16.3. The summed E-state index contributed by atoms with van der Waals surface area (Å²) in [5, 5.41) is 12.7. The van der Waals surface area contributed by atoms with E-state index in [-0.39, 0.29) is 36.2 Å². The number of aliphatic hydroxyl groups is 1. The van der Waals surface area contributed by atoms with Crippen LogP contribution >= 0.6 is 0 Å². The summed E-state index contributed by atoms with van der Waals surface area (Å²) in [6.45, 7) is 3.08. The Balaban J connectivity index is 1.29. The number of ketones is 1. The van der Waals surface area contributed by atoms with Crippen molar-refractivity contribution in [3.05, 3.63) is 113 Å². The van der Waals surface area contributed by atoms with Gasteiger partial charge < -0.3 is 38.3 Å². The summed E-state index contributed by atoms with van der Waals surface area (Å²) in [7, 11) is 8.53. The van der Waals surface area contributed by atoms with E-state index < -0.39 is 40.7 Å². The summed E-state index contributed by atoms with van der Waals surface area (Å²) in [6, 6.07) is 28.4. The number of piperidine rings is 1. The SMILES string of the molecule is COCC12CN(Cc3ccc(OC)cc3)CC3(C(OC)CC1OCc1ccccc1)C1CC4(O)C(=O)C1C(=CC(OC)C23)[C@@H](OCc1ccccc1)[C@@H]4OC. The highest BCUT2D eigenvalue weighted by atomic mass is 16.5. The van der Waals surface area contributed by atoms with Crippen molar-refractivity contribution in [2.75, 3.05) is 55.2 Å². The van der Waals surface area contributed by atoms with Crippen molar-refractivity contribution in [3.8, 4) is 5.75 Å². The molecule has 1 saturated heterocycles. The lowest BCUT2D eigenvalue weighted by Crippen LogP contribution is -2.75. The van der Waals surface area contributed by atoms with Crippen LogP contribution in [0.2, 0.25) is 0 Å². The van der Waals surface area contributed by atoms with E-state index in [1.165, 1.54) is 0 Å². The average Bonchev–Trinajstić information content (AvgIpc) is 3.33. The minimum Gasteiger partial charge on any atom is -0.497 e. The smallest absolute Gasteiger partial charge is 0.174 e. The molecule has 11 atom stereocenters. The van der Waals surface area contributed by atoms with Crippen molar-refractivity contribution in [3.63, 3.8) is 0 Å². The average molecular weight is 754 g/mol. The molecule has 0 aromatic heterocycles. The van der Waals surface area contributed by atoms with Gasteiger partial charge in [-0.25, -0.2) is 0 Å². The second kappa shape index (κ2) is 15.5. The summed E-state index contributed by atoms with van der Waals surface area (Å²) in [6.07, 6.45) is 0.341. The van der Waals surface area contributed by atoms with Gasteiger partial charge >= 0.3 is 0 Å². The monoisotopic (exact) mass is 753 g/mol. The Labute approximate surface area is 324 Å². The highest BCUT2D eigenvalue weighted by Gasteiger charge is 2.77. The van der Waals surface area contributed by atoms with Crippen LogP contribution in [0.25, 0.3) is 0 Å². The highest BCUT2D eigenvalue weighted by Crippen LogP contribution is 2.69. The molecule has 10 nitrogen and oxygen atoms in total. The molecule has 1 heterocycles. The Hall–Kier alpha value is -3.45. The van der Waals surface area contributed by atoms with Crippen LogP contribution in [0.4, 0.5) is 0 Å². The van der Waals surface area contributed by atoms with Crippen molar-refractivity contribution in [1.29, 1.82) is 0 Å². The fourth-order valence-electron chi connectivity index (χ4n) is 11.7. The van der Waals surface area contributed by atoms with Gasteiger partial charge in [-0.2, -0.15) is 0 Å². The summed E-state index contributed by atoms with van der Waals surface area (Å²) in [5.41, 5.74) is 1.04. The van der Waals surface area contributed by atoms with E-state index in [4.69, 9.17) is 33.2 Å². The van der Waals surface area contributed by atoms with E-state index in [9.17, 15) is 9.90 Å². The van der Waals surface area contributed by atoms with Crippen LogP contribution in [-0.2, 0) is 53.0 Å². The maximum Gasteiger partial charge on any atom is 0.174 e. The fraction of sp³-hybridized carbons (Fsp3) is 0.533. The number of carbonyl (C=O) groups is 1. The predicted molar refractivity (Wildman–Crippen MR) is 205 cm³/mol. The third kappa shape index (κ3) is 6.30. The van der Waals surface area contributed by atoms with Crippen molar-refractivity contribution >= 4 is 5.78 Å². The van der Waals surface area contributed by atoms with Gasteiger partial charge in [-0.15, -0.1) is 0 Å². The van der Waals surface area contributed by atoms with Gasteiger partial charge in [-0.05, 0) is 46.7 Å². The first-order valence-electron chi connectivity index (χ1n) is 19.5. The Kier molecular flexibility index (Phi) is 10.8.